The van der Waals surface area contributed by atoms with Gasteiger partial charge < -0.3 is 11.1 Å². The average Bonchev–Trinajstić information content (AvgIpc) is 3.25. The molecule has 1 aliphatic rings. The van der Waals surface area contributed by atoms with E-state index in [4.69, 9.17) is 5.73 Å². The first-order valence-corrected chi connectivity index (χ1v) is 12.5. The van der Waals surface area contributed by atoms with Gasteiger partial charge in [-0.2, -0.15) is 0 Å². The van der Waals surface area contributed by atoms with Crippen molar-refractivity contribution in [3.05, 3.63) is 12.2 Å². The molecule has 0 amide bonds. The first-order chi connectivity index (χ1) is 13.8. The van der Waals surface area contributed by atoms with Gasteiger partial charge in [-0.25, -0.2) is 0 Å². The second kappa shape index (κ2) is 18.2. The first-order valence-electron chi connectivity index (χ1n) is 12.5. The third-order valence-electron chi connectivity index (χ3n) is 6.13. The van der Waals surface area contributed by atoms with Crippen molar-refractivity contribution in [1.82, 2.24) is 5.32 Å². The number of unbranched alkanes of at least 4 members (excludes halogenated alkanes) is 12. The fourth-order valence-electron chi connectivity index (χ4n) is 4.15. The SMILES string of the molecule is CCCCCCCCC=CCCCCCCCCC(CC)C(N)C1=NCCN1. The zero-order valence-electron chi connectivity index (χ0n) is 19.1. The normalized spacial score (nSPS) is 16.3. The number of nitrogens with zero attached hydrogens (tertiary/aromatic N) is 1. The van der Waals surface area contributed by atoms with Crippen molar-refractivity contribution in [2.75, 3.05) is 13.1 Å². The van der Waals surface area contributed by atoms with E-state index in [9.17, 15) is 0 Å². The van der Waals surface area contributed by atoms with Gasteiger partial charge in [0, 0.05) is 6.54 Å². The average molecular weight is 392 g/mol. The molecule has 0 spiro atoms. The van der Waals surface area contributed by atoms with Crippen LogP contribution in [0.3, 0.4) is 0 Å². The highest BCUT2D eigenvalue weighted by Gasteiger charge is 2.22. The summed E-state index contributed by atoms with van der Waals surface area (Å²) < 4.78 is 0. The van der Waals surface area contributed by atoms with Crippen molar-refractivity contribution in [3.63, 3.8) is 0 Å². The van der Waals surface area contributed by atoms with Crippen LogP contribution in [0.5, 0.6) is 0 Å². The van der Waals surface area contributed by atoms with Crippen molar-refractivity contribution < 1.29 is 0 Å². The van der Waals surface area contributed by atoms with Gasteiger partial charge >= 0.3 is 0 Å². The van der Waals surface area contributed by atoms with E-state index in [2.05, 4.69) is 36.3 Å². The number of allylic oxidation sites excluding steroid dienone is 2. The molecule has 1 rings (SSSR count). The Labute approximate surface area is 176 Å². The van der Waals surface area contributed by atoms with Crippen molar-refractivity contribution in [3.8, 4) is 0 Å². The Morgan fingerprint density at radius 3 is 1.96 bits per heavy atom. The number of aliphatic imine (C=N–C) groups is 1. The summed E-state index contributed by atoms with van der Waals surface area (Å²) in [4.78, 5) is 4.50. The fraction of sp³-hybridized carbons (Fsp3) is 0.880. The van der Waals surface area contributed by atoms with Gasteiger partial charge in [0.25, 0.3) is 0 Å². The highest BCUT2D eigenvalue weighted by Crippen LogP contribution is 2.19. The van der Waals surface area contributed by atoms with Crippen LogP contribution < -0.4 is 11.1 Å². The zero-order valence-corrected chi connectivity index (χ0v) is 19.1. The van der Waals surface area contributed by atoms with Crippen LogP contribution in [0.2, 0.25) is 0 Å². The molecule has 0 radical (unpaired) electrons. The van der Waals surface area contributed by atoms with Gasteiger partial charge in [-0.05, 0) is 38.0 Å². The van der Waals surface area contributed by atoms with Gasteiger partial charge in [-0.1, -0.05) is 96.6 Å². The fourth-order valence-corrected chi connectivity index (χ4v) is 4.15. The monoisotopic (exact) mass is 391 g/mol. The summed E-state index contributed by atoms with van der Waals surface area (Å²) in [6, 6.07) is 0.121. The zero-order chi connectivity index (χ0) is 20.3. The molecule has 0 saturated carbocycles. The molecule has 28 heavy (non-hydrogen) atoms. The van der Waals surface area contributed by atoms with E-state index in [0.717, 1.165) is 25.3 Å². The third kappa shape index (κ3) is 12.6. The topological polar surface area (TPSA) is 50.4 Å². The Kier molecular flexibility index (Phi) is 16.4. The summed E-state index contributed by atoms with van der Waals surface area (Å²) in [5.41, 5.74) is 6.40. The molecule has 0 aliphatic carbocycles. The van der Waals surface area contributed by atoms with Gasteiger partial charge in [-0.3, -0.25) is 4.99 Å². The second-order valence-electron chi connectivity index (χ2n) is 8.61. The lowest BCUT2D eigenvalue weighted by Crippen LogP contribution is -2.43. The van der Waals surface area contributed by atoms with Crippen molar-refractivity contribution in [2.45, 2.75) is 123 Å². The predicted octanol–water partition coefficient (Wildman–Crippen LogP) is 6.77. The van der Waals surface area contributed by atoms with Crippen LogP contribution in [0.4, 0.5) is 0 Å². The van der Waals surface area contributed by atoms with Gasteiger partial charge in [0.15, 0.2) is 0 Å². The minimum absolute atomic E-state index is 0.121. The Morgan fingerprint density at radius 1 is 0.857 bits per heavy atom. The van der Waals surface area contributed by atoms with E-state index in [1.54, 1.807) is 0 Å². The van der Waals surface area contributed by atoms with E-state index in [-0.39, 0.29) is 6.04 Å². The maximum atomic E-state index is 6.40. The van der Waals surface area contributed by atoms with E-state index < -0.39 is 0 Å². The van der Waals surface area contributed by atoms with Crippen molar-refractivity contribution in [2.24, 2.45) is 16.6 Å². The summed E-state index contributed by atoms with van der Waals surface area (Å²) >= 11 is 0. The Hall–Kier alpha value is -0.830. The lowest BCUT2D eigenvalue weighted by atomic mass is 9.90. The van der Waals surface area contributed by atoms with Crippen LogP contribution in [0, 0.1) is 5.92 Å². The van der Waals surface area contributed by atoms with Gasteiger partial charge in [0.05, 0.1) is 12.6 Å². The van der Waals surface area contributed by atoms with Crippen LogP contribution in [0.25, 0.3) is 0 Å². The summed E-state index contributed by atoms with van der Waals surface area (Å²) in [6.45, 7) is 6.41. The first kappa shape index (κ1) is 25.2. The maximum absolute atomic E-state index is 6.40. The number of nitrogens with one attached hydrogen (secondary N) is 1. The minimum atomic E-state index is 0.121. The quantitative estimate of drug-likeness (QED) is 0.188. The Balaban J connectivity index is 1.87. The lowest BCUT2D eigenvalue weighted by molar-refractivity contribution is 0.412. The van der Waals surface area contributed by atoms with Crippen LogP contribution in [-0.4, -0.2) is 25.0 Å². The predicted molar refractivity (Wildman–Crippen MR) is 126 cm³/mol. The molecule has 0 saturated heterocycles. The van der Waals surface area contributed by atoms with Gasteiger partial charge in [0.2, 0.25) is 0 Å². The smallest absolute Gasteiger partial charge is 0.114 e. The molecule has 3 N–H and O–H groups in total. The molecular weight excluding hydrogens is 342 g/mol. The molecule has 2 atom stereocenters. The molecule has 1 heterocycles. The molecule has 2 unspecified atom stereocenters. The molecule has 0 bridgehead atoms. The largest absolute Gasteiger partial charge is 0.371 e. The molecule has 164 valence electrons. The van der Waals surface area contributed by atoms with Crippen molar-refractivity contribution in [1.29, 1.82) is 0 Å². The molecule has 1 aliphatic heterocycles. The Morgan fingerprint density at radius 2 is 1.43 bits per heavy atom. The number of hydrogen-bond acceptors (Lipinski definition) is 3. The number of hydrogen-bond donors (Lipinski definition) is 2. The van der Waals surface area contributed by atoms with Gasteiger partial charge in [-0.15, -0.1) is 0 Å². The van der Waals surface area contributed by atoms with Crippen LogP contribution in [0.15, 0.2) is 17.1 Å². The summed E-state index contributed by atoms with van der Waals surface area (Å²) in [5.74, 6) is 1.64. The third-order valence-corrected chi connectivity index (χ3v) is 6.13. The maximum Gasteiger partial charge on any atom is 0.114 e. The number of rotatable bonds is 19. The van der Waals surface area contributed by atoms with E-state index >= 15 is 0 Å². The molecule has 0 aromatic carbocycles. The molecule has 0 aromatic heterocycles. The number of amidine groups is 1. The van der Waals surface area contributed by atoms with E-state index in [0.29, 0.717) is 5.92 Å². The summed E-state index contributed by atoms with van der Waals surface area (Å²) in [5, 5.41) is 3.35. The van der Waals surface area contributed by atoms with E-state index in [1.165, 1.54) is 96.3 Å². The number of nitrogens with two attached hydrogens (primary N) is 1. The minimum Gasteiger partial charge on any atom is -0.371 e. The highest BCUT2D eigenvalue weighted by molar-refractivity contribution is 5.88. The lowest BCUT2D eigenvalue weighted by Gasteiger charge is -2.22. The molecule has 0 fully saturated rings. The highest BCUT2D eigenvalue weighted by atomic mass is 15.1. The molecule has 3 heteroatoms. The van der Waals surface area contributed by atoms with Crippen LogP contribution in [0.1, 0.15) is 117 Å². The van der Waals surface area contributed by atoms with Gasteiger partial charge in [0.1, 0.15) is 5.84 Å². The van der Waals surface area contributed by atoms with Crippen LogP contribution >= 0.6 is 0 Å². The van der Waals surface area contributed by atoms with Crippen LogP contribution in [-0.2, 0) is 0 Å². The van der Waals surface area contributed by atoms with Crippen molar-refractivity contribution >= 4 is 5.84 Å². The molecule has 3 nitrogen and oxygen atoms in total. The summed E-state index contributed by atoms with van der Waals surface area (Å²) in [7, 11) is 0. The van der Waals surface area contributed by atoms with E-state index in [1.807, 2.05) is 0 Å². The molecular formula is C25H49N3. The Bertz CT molecular complexity index is 403. The molecule has 0 aromatic rings. The standard InChI is InChI=1S/C25H49N3/c1-3-5-6-7-8-9-10-11-12-13-14-15-16-17-18-19-20-23(4-2)24(26)25-27-21-22-28-25/h11-12,23-24H,3-10,13-22,26H2,1-2H3,(H,27,28). The second-order valence-corrected chi connectivity index (χ2v) is 8.61. The summed E-state index contributed by atoms with van der Waals surface area (Å²) in [6.07, 6.45) is 26.4.